The number of nitrogens with zero attached hydrogens (tertiary/aromatic N) is 2. The summed E-state index contributed by atoms with van der Waals surface area (Å²) in [5, 5.41) is 7.44. The fourth-order valence-corrected chi connectivity index (χ4v) is 2.19. The van der Waals surface area contributed by atoms with E-state index in [1.54, 1.807) is 0 Å². The summed E-state index contributed by atoms with van der Waals surface area (Å²) in [6.45, 7) is 4.04. The van der Waals surface area contributed by atoms with Crippen LogP contribution in [0.4, 0.5) is 0 Å². The van der Waals surface area contributed by atoms with Gasteiger partial charge in [-0.15, -0.1) is 0 Å². The maximum Gasteiger partial charge on any atom is 0.244 e. The van der Waals surface area contributed by atoms with Crippen molar-refractivity contribution in [2.24, 2.45) is 5.73 Å². The van der Waals surface area contributed by atoms with Crippen LogP contribution in [0.25, 0.3) is 0 Å². The third-order valence-corrected chi connectivity index (χ3v) is 2.85. The Morgan fingerprint density at radius 3 is 2.56 bits per heavy atom. The molecule has 1 fully saturated rings. The number of rotatable bonds is 3. The molecule has 1 aliphatic heterocycles. The van der Waals surface area contributed by atoms with E-state index in [1.165, 1.54) is 12.4 Å². The summed E-state index contributed by atoms with van der Waals surface area (Å²) < 4.78 is 11.5. The van der Waals surface area contributed by atoms with Crippen molar-refractivity contribution in [3.8, 4) is 5.88 Å². The molecule has 1 aromatic rings. The van der Waals surface area contributed by atoms with E-state index in [4.69, 9.17) is 20.6 Å². The number of nitrogens with one attached hydrogen (secondary N) is 1. The third kappa shape index (κ3) is 2.95. The van der Waals surface area contributed by atoms with Gasteiger partial charge in [-0.1, -0.05) is 0 Å². The summed E-state index contributed by atoms with van der Waals surface area (Å²) in [7, 11) is 0. The molecule has 2 rings (SSSR count). The van der Waals surface area contributed by atoms with Crippen molar-refractivity contribution >= 4 is 5.84 Å². The molecule has 0 aliphatic carbocycles. The average molecular weight is 250 g/mol. The summed E-state index contributed by atoms with van der Waals surface area (Å²) >= 11 is 0. The average Bonchev–Trinajstić information content (AvgIpc) is 2.27. The van der Waals surface area contributed by atoms with Gasteiger partial charge in [0.2, 0.25) is 5.88 Å². The Kier molecular flexibility index (Phi) is 3.76. The van der Waals surface area contributed by atoms with E-state index in [0.717, 1.165) is 12.8 Å². The van der Waals surface area contributed by atoms with E-state index < -0.39 is 0 Å². The van der Waals surface area contributed by atoms with Crippen molar-refractivity contribution < 1.29 is 9.47 Å². The molecule has 0 saturated carbocycles. The molecule has 1 aromatic heterocycles. The molecule has 1 aliphatic rings. The maximum absolute atomic E-state index is 7.44. The Bertz CT molecular complexity index is 428. The van der Waals surface area contributed by atoms with Crippen molar-refractivity contribution in [1.82, 2.24) is 9.97 Å². The number of aromatic nitrogens is 2. The zero-order valence-corrected chi connectivity index (χ0v) is 10.6. The lowest BCUT2D eigenvalue weighted by Crippen LogP contribution is -2.36. The molecular formula is C12H18N4O2. The van der Waals surface area contributed by atoms with Gasteiger partial charge in [-0.05, 0) is 13.8 Å². The number of amidine groups is 1. The number of ether oxygens (including phenoxy) is 2. The lowest BCUT2D eigenvalue weighted by atomic mass is 10.0. The standard InChI is InChI=1S/C12H18N4O2/c1-7-5-9(6-8(2)17-7)18-12-10(11(13)14)15-3-4-16-12/h3-4,7-9H,5-6H2,1-2H3,(H3,13,14). The van der Waals surface area contributed by atoms with E-state index in [2.05, 4.69) is 9.97 Å². The van der Waals surface area contributed by atoms with Crippen LogP contribution in [0.2, 0.25) is 0 Å². The largest absolute Gasteiger partial charge is 0.473 e. The highest BCUT2D eigenvalue weighted by Crippen LogP contribution is 2.24. The molecule has 3 N–H and O–H groups in total. The lowest BCUT2D eigenvalue weighted by molar-refractivity contribution is -0.0730. The fraction of sp³-hybridized carbons (Fsp3) is 0.583. The van der Waals surface area contributed by atoms with Gasteiger partial charge >= 0.3 is 0 Å². The molecule has 6 heteroatoms. The van der Waals surface area contributed by atoms with Crippen LogP contribution in [0.1, 0.15) is 32.4 Å². The summed E-state index contributed by atoms with van der Waals surface area (Å²) in [5.74, 6) is 0.197. The third-order valence-electron chi connectivity index (χ3n) is 2.85. The van der Waals surface area contributed by atoms with E-state index >= 15 is 0 Å². The molecule has 0 spiro atoms. The van der Waals surface area contributed by atoms with E-state index in [9.17, 15) is 0 Å². The molecule has 0 aromatic carbocycles. The number of nitrogens with two attached hydrogens (primary N) is 1. The normalized spacial score (nSPS) is 27.8. The summed E-state index contributed by atoms with van der Waals surface area (Å²) in [6, 6.07) is 0. The second-order valence-electron chi connectivity index (χ2n) is 4.59. The molecule has 2 atom stereocenters. The van der Waals surface area contributed by atoms with Gasteiger partial charge < -0.3 is 15.2 Å². The minimum Gasteiger partial charge on any atom is -0.473 e. The molecule has 0 bridgehead atoms. The fourth-order valence-electron chi connectivity index (χ4n) is 2.19. The first-order valence-electron chi connectivity index (χ1n) is 6.03. The van der Waals surface area contributed by atoms with Crippen LogP contribution in [-0.4, -0.2) is 34.1 Å². The van der Waals surface area contributed by atoms with Crippen LogP contribution in [0.3, 0.4) is 0 Å². The SMILES string of the molecule is CC1CC(Oc2nccnc2C(=N)N)CC(C)O1. The Hall–Kier alpha value is -1.69. The zero-order valence-electron chi connectivity index (χ0n) is 10.6. The Morgan fingerprint density at radius 2 is 1.94 bits per heavy atom. The molecule has 2 heterocycles. The minimum atomic E-state index is -0.133. The molecule has 1 saturated heterocycles. The van der Waals surface area contributed by atoms with Crippen molar-refractivity contribution in [2.75, 3.05) is 0 Å². The first-order valence-corrected chi connectivity index (χ1v) is 6.03. The van der Waals surface area contributed by atoms with E-state index in [1.807, 2.05) is 13.8 Å². The van der Waals surface area contributed by atoms with Gasteiger partial charge in [0.15, 0.2) is 5.69 Å². The number of hydrogen-bond donors (Lipinski definition) is 2. The maximum atomic E-state index is 7.44. The van der Waals surface area contributed by atoms with Crippen molar-refractivity contribution in [3.05, 3.63) is 18.1 Å². The van der Waals surface area contributed by atoms with Crippen LogP contribution in [0.15, 0.2) is 12.4 Å². The molecular weight excluding hydrogens is 232 g/mol. The van der Waals surface area contributed by atoms with Crippen molar-refractivity contribution in [1.29, 1.82) is 5.41 Å². The first kappa shape index (κ1) is 12.8. The monoisotopic (exact) mass is 250 g/mol. The summed E-state index contributed by atoms with van der Waals surface area (Å²) in [6.07, 6.45) is 4.99. The number of nitrogen functional groups attached to an aromatic ring is 1. The summed E-state index contributed by atoms with van der Waals surface area (Å²) in [4.78, 5) is 8.11. The van der Waals surface area contributed by atoms with E-state index in [-0.39, 0.29) is 24.1 Å². The van der Waals surface area contributed by atoms with Gasteiger partial charge in [-0.3, -0.25) is 5.41 Å². The van der Waals surface area contributed by atoms with Crippen LogP contribution in [0.5, 0.6) is 5.88 Å². The quantitative estimate of drug-likeness (QED) is 0.618. The topological polar surface area (TPSA) is 94.1 Å². The zero-order chi connectivity index (χ0) is 13.1. The smallest absolute Gasteiger partial charge is 0.244 e. The van der Waals surface area contributed by atoms with E-state index in [0.29, 0.717) is 11.6 Å². The van der Waals surface area contributed by atoms with Crippen LogP contribution in [0, 0.1) is 5.41 Å². The highest BCUT2D eigenvalue weighted by atomic mass is 16.5. The van der Waals surface area contributed by atoms with Gasteiger partial charge in [-0.25, -0.2) is 9.97 Å². The highest BCUT2D eigenvalue weighted by Gasteiger charge is 2.27. The predicted molar refractivity (Wildman–Crippen MR) is 66.7 cm³/mol. The minimum absolute atomic E-state index is 0.0264. The Labute approximate surface area is 106 Å². The molecule has 6 nitrogen and oxygen atoms in total. The second kappa shape index (κ2) is 5.30. The molecule has 0 amide bonds. The van der Waals surface area contributed by atoms with Gasteiger partial charge in [-0.2, -0.15) is 0 Å². The predicted octanol–water partition coefficient (Wildman–Crippen LogP) is 1.10. The Balaban J connectivity index is 2.11. The van der Waals surface area contributed by atoms with Crippen molar-refractivity contribution in [2.45, 2.75) is 45.0 Å². The van der Waals surface area contributed by atoms with Crippen LogP contribution >= 0.6 is 0 Å². The molecule has 0 radical (unpaired) electrons. The first-order chi connectivity index (χ1) is 8.56. The van der Waals surface area contributed by atoms with Gasteiger partial charge in [0.05, 0.1) is 12.2 Å². The summed E-state index contributed by atoms with van der Waals surface area (Å²) in [5.41, 5.74) is 5.75. The van der Waals surface area contributed by atoms with Crippen LogP contribution < -0.4 is 10.5 Å². The van der Waals surface area contributed by atoms with Gasteiger partial charge in [0.25, 0.3) is 0 Å². The van der Waals surface area contributed by atoms with Gasteiger partial charge in [0.1, 0.15) is 11.9 Å². The van der Waals surface area contributed by atoms with Crippen LogP contribution in [-0.2, 0) is 4.74 Å². The highest BCUT2D eigenvalue weighted by molar-refractivity contribution is 5.94. The number of hydrogen-bond acceptors (Lipinski definition) is 5. The molecule has 18 heavy (non-hydrogen) atoms. The van der Waals surface area contributed by atoms with Gasteiger partial charge in [0, 0.05) is 25.2 Å². The Morgan fingerprint density at radius 1 is 1.33 bits per heavy atom. The molecule has 2 unspecified atom stereocenters. The molecule has 98 valence electrons. The lowest BCUT2D eigenvalue weighted by Gasteiger charge is -2.32. The second-order valence-corrected chi connectivity index (χ2v) is 4.59. The van der Waals surface area contributed by atoms with Crippen molar-refractivity contribution in [3.63, 3.8) is 0 Å².